The summed E-state index contributed by atoms with van der Waals surface area (Å²) >= 11 is 2.05. The number of fused-ring (bicyclic) bond motifs is 1. The molecule has 0 aromatic heterocycles. The van der Waals surface area contributed by atoms with Gasteiger partial charge in [-0.2, -0.15) is 11.8 Å². The molecule has 0 bridgehead atoms. The number of ketones is 1. The van der Waals surface area contributed by atoms with Crippen LogP contribution in [0.2, 0.25) is 0 Å². The van der Waals surface area contributed by atoms with Crippen LogP contribution in [0, 0.1) is 0 Å². The molecule has 0 aromatic rings. The Balaban J connectivity index is 1.90. The maximum Gasteiger partial charge on any atom is 0.135 e. The van der Waals surface area contributed by atoms with Gasteiger partial charge in [0.1, 0.15) is 5.78 Å². The first-order chi connectivity index (χ1) is 6.29. The van der Waals surface area contributed by atoms with Crippen LogP contribution in [0.15, 0.2) is 0 Å². The van der Waals surface area contributed by atoms with Gasteiger partial charge in [-0.25, -0.2) is 0 Å². The van der Waals surface area contributed by atoms with E-state index in [0.29, 0.717) is 11.8 Å². The quantitative estimate of drug-likeness (QED) is 0.673. The highest BCUT2D eigenvalue weighted by molar-refractivity contribution is 7.99. The Labute approximate surface area is 84.1 Å². The van der Waals surface area contributed by atoms with Crippen molar-refractivity contribution in [2.75, 3.05) is 18.8 Å². The number of rotatable bonds is 2. The summed E-state index contributed by atoms with van der Waals surface area (Å²) in [5.74, 6) is 1.68. The third-order valence-corrected chi connectivity index (χ3v) is 4.18. The Bertz CT molecular complexity index is 207. The molecule has 0 saturated carbocycles. The molecule has 0 N–H and O–H groups in total. The van der Waals surface area contributed by atoms with E-state index in [1.165, 1.54) is 18.7 Å². The van der Waals surface area contributed by atoms with Gasteiger partial charge in [-0.15, -0.1) is 0 Å². The highest BCUT2D eigenvalue weighted by Gasteiger charge is 2.35. The summed E-state index contributed by atoms with van der Waals surface area (Å²) in [4.78, 5) is 13.7. The molecule has 2 aliphatic heterocycles. The fraction of sp³-hybridized carbons (Fsp3) is 0.900. The molecular formula is C10H17NOS. The molecule has 0 aliphatic carbocycles. The molecule has 0 aromatic carbocycles. The SMILES string of the molecule is CCSC1CC2CC(=O)CCN2C1. The van der Waals surface area contributed by atoms with Gasteiger partial charge in [0.05, 0.1) is 0 Å². The lowest BCUT2D eigenvalue weighted by Crippen LogP contribution is -2.38. The molecule has 13 heavy (non-hydrogen) atoms. The fourth-order valence-electron chi connectivity index (χ4n) is 2.41. The van der Waals surface area contributed by atoms with Gasteiger partial charge in [0.25, 0.3) is 0 Å². The van der Waals surface area contributed by atoms with E-state index in [1.54, 1.807) is 0 Å². The number of hydrogen-bond donors (Lipinski definition) is 0. The lowest BCUT2D eigenvalue weighted by atomic mass is 10.0. The predicted molar refractivity (Wildman–Crippen MR) is 56.1 cm³/mol. The lowest BCUT2D eigenvalue weighted by molar-refractivity contribution is -0.122. The van der Waals surface area contributed by atoms with E-state index >= 15 is 0 Å². The first kappa shape index (κ1) is 9.53. The van der Waals surface area contributed by atoms with Crippen LogP contribution in [-0.2, 0) is 4.79 Å². The molecule has 3 heteroatoms. The number of nitrogens with zero attached hydrogens (tertiary/aromatic N) is 1. The van der Waals surface area contributed by atoms with Crippen molar-refractivity contribution in [3.05, 3.63) is 0 Å². The Kier molecular flexibility index (Phi) is 2.94. The smallest absolute Gasteiger partial charge is 0.135 e. The Morgan fingerprint density at radius 3 is 3.23 bits per heavy atom. The molecular weight excluding hydrogens is 182 g/mol. The molecule has 2 rings (SSSR count). The number of piperidine rings is 1. The molecule has 2 atom stereocenters. The number of Topliss-reactive ketones (excluding diaryl/α,β-unsaturated/α-hetero) is 1. The van der Waals surface area contributed by atoms with Gasteiger partial charge in [0.15, 0.2) is 0 Å². The lowest BCUT2D eigenvalue weighted by Gasteiger charge is -2.27. The Hall–Kier alpha value is -0.0200. The van der Waals surface area contributed by atoms with Crippen molar-refractivity contribution in [1.29, 1.82) is 0 Å². The highest BCUT2D eigenvalue weighted by atomic mass is 32.2. The third-order valence-electron chi connectivity index (χ3n) is 3.03. The number of carbonyl (C=O) groups excluding carboxylic acids is 1. The van der Waals surface area contributed by atoms with E-state index in [2.05, 4.69) is 23.6 Å². The summed E-state index contributed by atoms with van der Waals surface area (Å²) in [6.45, 7) is 4.45. The number of hydrogen-bond acceptors (Lipinski definition) is 3. The minimum absolute atomic E-state index is 0.475. The minimum Gasteiger partial charge on any atom is -0.300 e. The van der Waals surface area contributed by atoms with Gasteiger partial charge in [0.2, 0.25) is 0 Å². The molecule has 2 aliphatic rings. The first-order valence-corrected chi connectivity index (χ1v) is 6.22. The molecule has 2 heterocycles. The van der Waals surface area contributed by atoms with Crippen molar-refractivity contribution in [2.24, 2.45) is 0 Å². The maximum atomic E-state index is 11.2. The van der Waals surface area contributed by atoms with Crippen molar-refractivity contribution < 1.29 is 4.79 Å². The average Bonchev–Trinajstić information content (AvgIpc) is 2.46. The summed E-state index contributed by atoms with van der Waals surface area (Å²) < 4.78 is 0. The molecule has 0 spiro atoms. The van der Waals surface area contributed by atoms with Crippen molar-refractivity contribution in [2.45, 2.75) is 37.5 Å². The van der Waals surface area contributed by atoms with Crippen molar-refractivity contribution in [3.63, 3.8) is 0 Å². The van der Waals surface area contributed by atoms with Gasteiger partial charge >= 0.3 is 0 Å². The molecule has 0 radical (unpaired) electrons. The van der Waals surface area contributed by atoms with E-state index in [-0.39, 0.29) is 0 Å². The van der Waals surface area contributed by atoms with Crippen LogP contribution in [0.1, 0.15) is 26.2 Å². The standard InChI is InChI=1S/C10H17NOS/c1-2-13-10-6-8-5-9(12)3-4-11(8)7-10/h8,10H,2-7H2,1H3. The Morgan fingerprint density at radius 2 is 2.46 bits per heavy atom. The van der Waals surface area contributed by atoms with Crippen LogP contribution in [0.5, 0.6) is 0 Å². The normalized spacial score (nSPS) is 35.0. The molecule has 2 nitrogen and oxygen atoms in total. The molecule has 2 fully saturated rings. The monoisotopic (exact) mass is 199 g/mol. The minimum atomic E-state index is 0.475. The second-order valence-electron chi connectivity index (χ2n) is 3.95. The topological polar surface area (TPSA) is 20.3 Å². The maximum absolute atomic E-state index is 11.2. The zero-order chi connectivity index (χ0) is 9.26. The average molecular weight is 199 g/mol. The summed E-state index contributed by atoms with van der Waals surface area (Å²) in [6.07, 6.45) is 2.85. The van der Waals surface area contributed by atoms with Crippen LogP contribution < -0.4 is 0 Å². The van der Waals surface area contributed by atoms with E-state index in [9.17, 15) is 4.79 Å². The second kappa shape index (κ2) is 4.01. The van der Waals surface area contributed by atoms with E-state index in [4.69, 9.17) is 0 Å². The van der Waals surface area contributed by atoms with Gasteiger partial charge in [-0.1, -0.05) is 6.92 Å². The zero-order valence-corrected chi connectivity index (χ0v) is 8.98. The predicted octanol–water partition coefficient (Wildman–Crippen LogP) is 1.55. The van der Waals surface area contributed by atoms with E-state index < -0.39 is 0 Å². The van der Waals surface area contributed by atoms with Crippen LogP contribution in [0.4, 0.5) is 0 Å². The molecule has 0 amide bonds. The summed E-state index contributed by atoms with van der Waals surface area (Å²) in [6, 6.07) is 0.588. The van der Waals surface area contributed by atoms with Gasteiger partial charge in [-0.3, -0.25) is 9.69 Å². The fourth-order valence-corrected chi connectivity index (χ4v) is 3.54. The third kappa shape index (κ3) is 2.08. The van der Waals surface area contributed by atoms with E-state index in [1.807, 2.05) is 0 Å². The highest BCUT2D eigenvalue weighted by Crippen LogP contribution is 2.31. The molecule has 2 unspecified atom stereocenters. The van der Waals surface area contributed by atoms with Gasteiger partial charge in [0, 0.05) is 37.2 Å². The molecule has 74 valence electrons. The van der Waals surface area contributed by atoms with Crippen LogP contribution >= 0.6 is 11.8 Å². The Morgan fingerprint density at radius 1 is 1.62 bits per heavy atom. The second-order valence-corrected chi connectivity index (χ2v) is 5.53. The largest absolute Gasteiger partial charge is 0.300 e. The summed E-state index contributed by atoms with van der Waals surface area (Å²) in [5, 5.41) is 0.792. The van der Waals surface area contributed by atoms with Gasteiger partial charge in [-0.05, 0) is 12.2 Å². The van der Waals surface area contributed by atoms with Gasteiger partial charge < -0.3 is 0 Å². The van der Waals surface area contributed by atoms with Crippen molar-refractivity contribution in [3.8, 4) is 0 Å². The summed E-state index contributed by atoms with van der Waals surface area (Å²) in [5.41, 5.74) is 0. The van der Waals surface area contributed by atoms with Crippen molar-refractivity contribution >= 4 is 17.5 Å². The van der Waals surface area contributed by atoms with Crippen LogP contribution in [0.25, 0.3) is 0 Å². The van der Waals surface area contributed by atoms with E-state index in [0.717, 1.165) is 24.6 Å². The number of carbonyl (C=O) groups is 1. The zero-order valence-electron chi connectivity index (χ0n) is 8.16. The summed E-state index contributed by atoms with van der Waals surface area (Å²) in [7, 11) is 0. The van der Waals surface area contributed by atoms with Crippen LogP contribution in [-0.4, -0.2) is 40.8 Å². The van der Waals surface area contributed by atoms with Crippen LogP contribution in [0.3, 0.4) is 0 Å². The number of thioether (sulfide) groups is 1. The first-order valence-electron chi connectivity index (χ1n) is 5.17. The van der Waals surface area contributed by atoms with Crippen molar-refractivity contribution in [1.82, 2.24) is 4.90 Å². The molecule has 2 saturated heterocycles.